The van der Waals surface area contributed by atoms with Crippen LogP contribution in [0.1, 0.15) is 83.1 Å². The zero-order valence-corrected chi connectivity index (χ0v) is 25.1. The number of carbonyl (C=O) groups excluding carboxylic acids is 2. The molecule has 8 nitrogen and oxygen atoms in total. The number of pyridine rings is 2. The molecule has 0 aromatic carbocycles. The van der Waals surface area contributed by atoms with Crippen LogP contribution in [0.5, 0.6) is 0 Å². The van der Waals surface area contributed by atoms with Gasteiger partial charge >= 0.3 is 11.9 Å². The largest absolute Gasteiger partial charge is 0.462 e. The van der Waals surface area contributed by atoms with Crippen molar-refractivity contribution in [3.8, 4) is 24.7 Å². The van der Waals surface area contributed by atoms with Gasteiger partial charge in [-0.05, 0) is 89.1 Å². The van der Waals surface area contributed by atoms with Crippen LogP contribution in [0.3, 0.4) is 0 Å². The van der Waals surface area contributed by atoms with Gasteiger partial charge in [0.15, 0.2) is 0 Å². The molecule has 0 saturated heterocycles. The predicted molar refractivity (Wildman–Crippen MR) is 163 cm³/mol. The molecule has 0 aliphatic heterocycles. The molecule has 8 heteroatoms. The molecule has 0 fully saturated rings. The van der Waals surface area contributed by atoms with E-state index >= 15 is 0 Å². The number of hydrogen-bond donors (Lipinski definition) is 0. The van der Waals surface area contributed by atoms with Crippen molar-refractivity contribution in [3.05, 3.63) is 82.4 Å². The minimum atomic E-state index is -0.316. The first-order valence-corrected chi connectivity index (χ1v) is 13.8. The maximum Gasteiger partial charge on any atom is 0.338 e. The number of carbonyl (C=O) groups is 2. The summed E-state index contributed by atoms with van der Waals surface area (Å²) < 4.78 is 25.5. The van der Waals surface area contributed by atoms with E-state index in [2.05, 4.69) is 11.8 Å². The van der Waals surface area contributed by atoms with Crippen molar-refractivity contribution >= 4 is 23.0 Å². The summed E-state index contributed by atoms with van der Waals surface area (Å²) in [4.78, 5) is 24.2. The number of hydrogen-bond acceptors (Lipinski definition) is 6. The van der Waals surface area contributed by atoms with Crippen molar-refractivity contribution in [1.82, 2.24) is 8.80 Å². The van der Waals surface area contributed by atoms with Gasteiger partial charge in [0.2, 0.25) is 0 Å². The summed E-state index contributed by atoms with van der Waals surface area (Å²) in [7, 11) is 0. The first kappa shape index (κ1) is 32.0. The summed E-state index contributed by atoms with van der Waals surface area (Å²) in [6.45, 7) is 12.4. The van der Waals surface area contributed by atoms with Crippen molar-refractivity contribution in [2.24, 2.45) is 0 Å². The smallest absolute Gasteiger partial charge is 0.338 e. The van der Waals surface area contributed by atoms with Gasteiger partial charge in [-0.1, -0.05) is 11.8 Å². The third-order valence-corrected chi connectivity index (χ3v) is 6.83. The van der Waals surface area contributed by atoms with E-state index in [1.165, 1.54) is 0 Å². The van der Waals surface area contributed by atoms with E-state index in [4.69, 9.17) is 31.8 Å². The van der Waals surface area contributed by atoms with Crippen LogP contribution < -0.4 is 0 Å². The monoisotopic (exact) mass is 570 g/mol. The lowest BCUT2D eigenvalue weighted by Crippen LogP contribution is -2.14. The van der Waals surface area contributed by atoms with Gasteiger partial charge in [-0.15, -0.1) is 12.8 Å². The van der Waals surface area contributed by atoms with Gasteiger partial charge in [0, 0.05) is 23.4 Å². The normalized spacial score (nSPS) is 12.1. The first-order valence-electron chi connectivity index (χ1n) is 13.8. The SMILES string of the molecule is C#CCOC(C)c1c(C)c(C(=O)OCC)cc2cccn12.C#CCOC(C)c1c(C)c(C(=O)OCC)cc2cccn12. The van der Waals surface area contributed by atoms with Crippen molar-refractivity contribution in [2.75, 3.05) is 26.4 Å². The fraction of sp³-hybridized carbons (Fsp3) is 0.353. The van der Waals surface area contributed by atoms with Crippen molar-refractivity contribution in [1.29, 1.82) is 0 Å². The first-order chi connectivity index (χ1) is 20.2. The van der Waals surface area contributed by atoms with E-state index in [1.807, 2.05) is 85.3 Å². The molecule has 42 heavy (non-hydrogen) atoms. The Morgan fingerprint density at radius 1 is 0.762 bits per heavy atom. The molecule has 0 aliphatic rings. The highest BCUT2D eigenvalue weighted by Gasteiger charge is 2.21. The fourth-order valence-electron chi connectivity index (χ4n) is 4.96. The lowest BCUT2D eigenvalue weighted by Gasteiger charge is -2.19. The van der Waals surface area contributed by atoms with Crippen LogP contribution in [-0.2, 0) is 18.9 Å². The highest BCUT2D eigenvalue weighted by atomic mass is 16.5. The summed E-state index contributed by atoms with van der Waals surface area (Å²) in [5.41, 5.74) is 6.50. The summed E-state index contributed by atoms with van der Waals surface area (Å²) in [5.74, 6) is 4.30. The standard InChI is InChI=1S/2C17H19NO3/c2*1-5-10-21-13(4)16-12(3)15(17(19)20-6-2)11-14-8-7-9-18(14)16/h2*1,7-9,11,13H,6,10H2,2-4H3. The third kappa shape index (κ3) is 7.03. The lowest BCUT2D eigenvalue weighted by molar-refractivity contribution is 0.0514. The Labute approximate surface area is 247 Å². The van der Waals surface area contributed by atoms with Crippen molar-refractivity contribution in [2.45, 2.75) is 53.8 Å². The summed E-state index contributed by atoms with van der Waals surface area (Å²) >= 11 is 0. The van der Waals surface area contributed by atoms with Crippen LogP contribution in [0.2, 0.25) is 0 Å². The second-order valence-electron chi connectivity index (χ2n) is 9.50. The van der Waals surface area contributed by atoms with E-state index in [0.29, 0.717) is 24.3 Å². The van der Waals surface area contributed by atoms with Crippen LogP contribution in [-0.4, -0.2) is 47.2 Å². The molecule has 0 bridgehead atoms. The van der Waals surface area contributed by atoms with Gasteiger partial charge in [-0.2, -0.15) is 0 Å². The molecule has 0 saturated carbocycles. The summed E-state index contributed by atoms with van der Waals surface area (Å²) in [6, 6.07) is 11.4. The predicted octanol–water partition coefficient (Wildman–Crippen LogP) is 6.27. The van der Waals surface area contributed by atoms with Crippen molar-refractivity contribution < 1.29 is 28.5 Å². The average molecular weight is 571 g/mol. The van der Waals surface area contributed by atoms with E-state index in [0.717, 1.165) is 33.5 Å². The quantitative estimate of drug-likeness (QED) is 0.165. The van der Waals surface area contributed by atoms with E-state index < -0.39 is 0 Å². The topological polar surface area (TPSA) is 79.9 Å². The lowest BCUT2D eigenvalue weighted by atomic mass is 10.0. The maximum atomic E-state index is 12.1. The maximum absolute atomic E-state index is 12.1. The molecular formula is C34H38N2O6. The molecule has 0 spiro atoms. The number of fused-ring (bicyclic) bond motifs is 2. The second-order valence-corrected chi connectivity index (χ2v) is 9.50. The molecule has 4 heterocycles. The Morgan fingerprint density at radius 3 is 1.48 bits per heavy atom. The number of esters is 2. The molecule has 2 atom stereocenters. The van der Waals surface area contributed by atoms with Gasteiger partial charge in [-0.3, -0.25) is 0 Å². The number of ether oxygens (including phenoxy) is 4. The van der Waals surface area contributed by atoms with Crippen LogP contribution >= 0.6 is 0 Å². The van der Waals surface area contributed by atoms with Gasteiger partial charge < -0.3 is 27.7 Å². The number of terminal acetylenes is 2. The molecule has 2 unspecified atom stereocenters. The Bertz CT molecular complexity index is 1510. The minimum absolute atomic E-state index is 0.217. The highest BCUT2D eigenvalue weighted by Crippen LogP contribution is 2.28. The van der Waals surface area contributed by atoms with Gasteiger partial charge in [-0.25, -0.2) is 9.59 Å². The van der Waals surface area contributed by atoms with Gasteiger partial charge in [0.1, 0.15) is 13.2 Å². The van der Waals surface area contributed by atoms with Gasteiger partial charge in [0.05, 0.1) is 47.9 Å². The van der Waals surface area contributed by atoms with Crippen LogP contribution in [0.4, 0.5) is 0 Å². The Balaban J connectivity index is 0.000000230. The van der Waals surface area contributed by atoms with E-state index in [9.17, 15) is 9.59 Å². The zero-order valence-electron chi connectivity index (χ0n) is 25.1. The summed E-state index contributed by atoms with van der Waals surface area (Å²) in [5, 5.41) is 0. The Hall–Kier alpha value is -4.50. The van der Waals surface area contributed by atoms with E-state index in [-0.39, 0.29) is 37.4 Å². The molecule has 4 aromatic rings. The zero-order chi connectivity index (χ0) is 30.8. The molecule has 0 amide bonds. The number of rotatable bonds is 10. The van der Waals surface area contributed by atoms with Crippen molar-refractivity contribution in [3.63, 3.8) is 0 Å². The second kappa shape index (κ2) is 14.9. The average Bonchev–Trinajstić information content (AvgIpc) is 3.63. The molecule has 4 aromatic heterocycles. The van der Waals surface area contributed by atoms with Crippen LogP contribution in [0.25, 0.3) is 11.0 Å². The van der Waals surface area contributed by atoms with Crippen LogP contribution in [0, 0.1) is 38.5 Å². The third-order valence-electron chi connectivity index (χ3n) is 6.83. The minimum Gasteiger partial charge on any atom is -0.462 e. The number of nitrogens with zero attached hydrogens (tertiary/aromatic N) is 2. The highest BCUT2D eigenvalue weighted by molar-refractivity contribution is 5.93. The summed E-state index contributed by atoms with van der Waals surface area (Å²) in [6.07, 6.45) is 14.0. The van der Waals surface area contributed by atoms with Gasteiger partial charge in [0.25, 0.3) is 0 Å². The Morgan fingerprint density at radius 2 is 1.14 bits per heavy atom. The molecule has 220 valence electrons. The number of aromatic nitrogens is 2. The molecule has 4 rings (SSSR count). The Kier molecular flexibility index (Phi) is 11.4. The fourth-order valence-corrected chi connectivity index (χ4v) is 4.96. The molecule has 0 radical (unpaired) electrons. The van der Waals surface area contributed by atoms with Crippen LogP contribution in [0.15, 0.2) is 48.8 Å². The molecular weight excluding hydrogens is 532 g/mol. The van der Waals surface area contributed by atoms with E-state index in [1.54, 1.807) is 13.8 Å². The molecule has 0 N–H and O–H groups in total. The molecule has 0 aliphatic carbocycles.